The normalized spacial score (nSPS) is 53.9. The second-order valence-electron chi connectivity index (χ2n) is 6.18. The number of amides is 1. The van der Waals surface area contributed by atoms with Crippen molar-refractivity contribution in [2.45, 2.75) is 56.5 Å². The summed E-state index contributed by atoms with van der Waals surface area (Å²) in [6.07, 6.45) is 1.89. The van der Waals surface area contributed by atoms with E-state index in [1.165, 1.54) is 0 Å². The Morgan fingerprint density at radius 2 is 2.44 bits per heavy atom. The first-order chi connectivity index (χ1) is 8.87. The highest BCUT2D eigenvalue weighted by molar-refractivity contribution is 5.47. The van der Waals surface area contributed by atoms with Gasteiger partial charge in [0.1, 0.15) is 11.7 Å². The summed E-state index contributed by atoms with van der Waals surface area (Å²) in [5, 5.41) is 13.4. The topological polar surface area (TPSA) is 67.8 Å². The van der Waals surface area contributed by atoms with Gasteiger partial charge in [0.2, 0.25) is 6.41 Å². The Bertz CT molecular complexity index is 406. The molecule has 5 heteroatoms. The molecule has 1 saturated heterocycles. The summed E-state index contributed by atoms with van der Waals surface area (Å²) in [6.45, 7) is 3.72. The molecule has 2 saturated carbocycles. The Morgan fingerprint density at radius 3 is 3.11 bits per heavy atom. The molecule has 3 rings (SSSR count). The van der Waals surface area contributed by atoms with Gasteiger partial charge in [-0.2, -0.15) is 0 Å². The van der Waals surface area contributed by atoms with Gasteiger partial charge in [0.05, 0.1) is 19.7 Å². The molecule has 0 aromatic heterocycles. The number of carbonyl (C=O) groups is 1. The van der Waals surface area contributed by atoms with Crippen LogP contribution in [0.1, 0.15) is 34.5 Å². The molecule has 5 nitrogen and oxygen atoms in total. The lowest BCUT2D eigenvalue weighted by atomic mass is 9.90. The van der Waals surface area contributed by atoms with E-state index in [2.05, 4.69) is 5.32 Å². The van der Waals surface area contributed by atoms with Crippen LogP contribution in [0.15, 0.2) is 0 Å². The summed E-state index contributed by atoms with van der Waals surface area (Å²) < 4.78 is 19.4. The number of rotatable bonds is 5. The van der Waals surface area contributed by atoms with Crippen molar-refractivity contribution in [3.05, 3.63) is 0 Å². The largest absolute Gasteiger partial charge is 0.387 e. The van der Waals surface area contributed by atoms with E-state index in [1.807, 2.05) is 13.8 Å². The molecule has 2 aliphatic carbocycles. The van der Waals surface area contributed by atoms with Crippen molar-refractivity contribution in [1.82, 2.24) is 5.32 Å². The first-order valence-electron chi connectivity index (χ1n) is 7.10. The molecular formula is C13H21NO4. The Hall–Kier alpha value is -0.650. The summed E-state index contributed by atoms with van der Waals surface area (Å²) in [6, 6.07) is 0. The van der Waals surface area contributed by atoms with Crippen LogP contribution in [0.3, 0.4) is 0 Å². The quantitative estimate of drug-likeness (QED) is 0.691. The molecule has 1 aliphatic heterocycles. The van der Waals surface area contributed by atoms with Crippen LogP contribution in [0, 0.1) is 5.41 Å². The maximum atomic E-state index is 10.7. The predicted molar refractivity (Wildman–Crippen MR) is 64.0 cm³/mol. The minimum Gasteiger partial charge on any atom is -0.387 e. The van der Waals surface area contributed by atoms with Crippen molar-refractivity contribution >= 4 is 6.41 Å². The van der Waals surface area contributed by atoms with E-state index >= 15 is 0 Å². The van der Waals surface area contributed by atoms with Crippen LogP contribution in [-0.2, 0) is 14.3 Å². The molecule has 1 heterocycles. The minimum atomic E-state index is -0.982. The molecule has 5 atom stereocenters. The maximum absolute atomic E-state index is 10.7. The summed E-state index contributed by atoms with van der Waals surface area (Å²) in [5.74, 6) is 0. The molecule has 102 valence electrons. The molecule has 3 aliphatic rings. The van der Waals surface area contributed by atoms with E-state index < -0.39 is 23.9 Å². The van der Waals surface area contributed by atoms with Crippen molar-refractivity contribution in [1.29, 1.82) is 0 Å². The lowest BCUT2D eigenvalue weighted by Gasteiger charge is -2.29. The third-order valence-electron chi connectivity index (χ3n) is 4.57. The predicted octanol–water partition coefficient (Wildman–Crippen LogP) is 0.210. The van der Waals surface area contributed by atoms with Crippen LogP contribution in [0.5, 0.6) is 0 Å². The average Bonchev–Trinajstić information content (AvgIpc) is 2.67. The molecular weight excluding hydrogens is 234 g/mol. The van der Waals surface area contributed by atoms with Gasteiger partial charge in [-0.15, -0.1) is 0 Å². The van der Waals surface area contributed by atoms with Crippen LogP contribution in [-0.4, -0.2) is 48.1 Å². The fraction of sp³-hybridized carbons (Fsp3) is 0.923. The summed E-state index contributed by atoms with van der Waals surface area (Å²) in [5.41, 5.74) is -1.76. The zero-order chi connectivity index (χ0) is 13.9. The minimum absolute atomic E-state index is 0.0221. The highest BCUT2D eigenvalue weighted by Crippen LogP contribution is 2.73. The van der Waals surface area contributed by atoms with Gasteiger partial charge < -0.3 is 19.9 Å². The van der Waals surface area contributed by atoms with E-state index in [9.17, 15) is 9.90 Å². The molecule has 0 spiro atoms. The Labute approximate surface area is 108 Å². The summed E-state index contributed by atoms with van der Waals surface area (Å²) in [7, 11) is 0. The monoisotopic (exact) mass is 257 g/mol. The van der Waals surface area contributed by atoms with Crippen molar-refractivity contribution in [3.63, 3.8) is 0 Å². The third-order valence-corrected chi connectivity index (χ3v) is 4.57. The fourth-order valence-electron chi connectivity index (χ4n) is 4.02. The fourth-order valence-corrected chi connectivity index (χ4v) is 4.02. The summed E-state index contributed by atoms with van der Waals surface area (Å²) in [4.78, 5) is 10.6. The van der Waals surface area contributed by atoms with E-state index in [0.29, 0.717) is 25.8 Å². The Morgan fingerprint density at radius 1 is 1.67 bits per heavy atom. The molecule has 0 radical (unpaired) electrons. The van der Waals surface area contributed by atoms with Crippen LogP contribution in [0.2, 0.25) is 0 Å². The van der Waals surface area contributed by atoms with Crippen LogP contribution in [0.25, 0.3) is 0 Å². The zero-order valence-electron chi connectivity index (χ0n) is 11.8. The lowest BCUT2D eigenvalue weighted by molar-refractivity contribution is -0.128. The maximum Gasteiger partial charge on any atom is 0.207 e. The first kappa shape index (κ1) is 11.2. The van der Waals surface area contributed by atoms with Crippen LogP contribution < -0.4 is 5.32 Å². The number of carbonyl (C=O) groups excluding carboxylic acids is 1. The van der Waals surface area contributed by atoms with E-state index in [4.69, 9.17) is 10.8 Å². The third kappa shape index (κ3) is 1.41. The molecule has 1 amide bonds. The van der Waals surface area contributed by atoms with Crippen molar-refractivity contribution in [2.24, 2.45) is 5.41 Å². The van der Waals surface area contributed by atoms with Gasteiger partial charge in [-0.1, -0.05) is 0 Å². The number of nitrogens with one attached hydrogen (secondary N) is 1. The molecule has 0 aromatic rings. The van der Waals surface area contributed by atoms with Gasteiger partial charge in [0.15, 0.2) is 0 Å². The van der Waals surface area contributed by atoms with Gasteiger partial charge in [-0.05, 0) is 26.7 Å². The average molecular weight is 257 g/mol. The van der Waals surface area contributed by atoms with Gasteiger partial charge in [0, 0.05) is 18.4 Å². The smallest absolute Gasteiger partial charge is 0.207 e. The highest BCUT2D eigenvalue weighted by Gasteiger charge is 2.83. The van der Waals surface area contributed by atoms with E-state index in [0.717, 1.165) is 6.42 Å². The number of hydrogen-bond donors (Lipinski definition) is 2. The second-order valence-corrected chi connectivity index (χ2v) is 6.18. The van der Waals surface area contributed by atoms with Gasteiger partial charge in [-0.3, -0.25) is 4.79 Å². The Balaban J connectivity index is 1.88. The van der Waals surface area contributed by atoms with Crippen LogP contribution in [0.4, 0.5) is 0 Å². The second kappa shape index (κ2) is 3.68. The summed E-state index contributed by atoms with van der Waals surface area (Å²) >= 11 is 0. The number of ether oxygens (including phenoxy) is 2. The molecule has 0 unspecified atom stereocenters. The van der Waals surface area contributed by atoms with Crippen molar-refractivity contribution in [3.8, 4) is 0 Å². The highest BCUT2D eigenvalue weighted by atomic mass is 16.6. The Kier molecular flexibility index (Phi) is 2.29. The van der Waals surface area contributed by atoms with Crippen molar-refractivity contribution in [2.75, 3.05) is 13.1 Å². The number of hydrogen-bond acceptors (Lipinski definition) is 4. The van der Waals surface area contributed by atoms with Gasteiger partial charge in [0.25, 0.3) is 0 Å². The standard InChI is InChI=1S/C13H21NO4/c1-9(2)18-13-6-11(13,7-14-8-15)5-12(16)3-4-17-10(12)13/h8-10,16H,3-7H2,1-2H3,(H,14,15)/t10-,11+,12+,13-/m0/s1/i4T/t4-,10-,11+,12+,13-. The van der Waals surface area contributed by atoms with Gasteiger partial charge in [-0.25, -0.2) is 0 Å². The zero-order valence-corrected chi connectivity index (χ0v) is 10.8. The number of aliphatic hydroxyl groups is 1. The molecule has 3 fully saturated rings. The SMILES string of the molecule is [3H][C@H]1C[C@@]2(O)C[C@]3(CNC=O)C[C@]3(OC(C)C)[C@H]2O1. The molecule has 2 N–H and O–H groups in total. The molecule has 18 heavy (non-hydrogen) atoms. The lowest BCUT2D eigenvalue weighted by Crippen LogP contribution is -2.44. The van der Waals surface area contributed by atoms with E-state index in [1.54, 1.807) is 0 Å². The molecule has 0 bridgehead atoms. The van der Waals surface area contributed by atoms with Crippen LogP contribution >= 0.6 is 0 Å². The van der Waals surface area contributed by atoms with Gasteiger partial charge >= 0.3 is 0 Å². The first-order valence-corrected chi connectivity index (χ1v) is 6.52. The molecule has 0 aromatic carbocycles. The number of fused-ring (bicyclic) bond motifs is 3. The van der Waals surface area contributed by atoms with E-state index in [-0.39, 0.29) is 11.5 Å². The van der Waals surface area contributed by atoms with Crippen molar-refractivity contribution < 1.29 is 20.7 Å².